The maximum absolute atomic E-state index is 11.6. The topological polar surface area (TPSA) is 84.4 Å². The van der Waals surface area contributed by atoms with Gasteiger partial charge in [-0.2, -0.15) is 4.98 Å². The predicted molar refractivity (Wildman–Crippen MR) is 85.8 cm³/mol. The van der Waals surface area contributed by atoms with Gasteiger partial charge in [0.15, 0.2) is 0 Å². The van der Waals surface area contributed by atoms with Crippen LogP contribution in [-0.2, 0) is 10.0 Å². The fourth-order valence-corrected chi connectivity index (χ4v) is 2.91. The van der Waals surface area contributed by atoms with Crippen LogP contribution in [0.25, 0.3) is 0 Å². The lowest BCUT2D eigenvalue weighted by atomic mass is 10.4. The molecule has 0 atom stereocenters. The molecule has 1 aliphatic rings. The molecule has 1 fully saturated rings. The molecule has 22 heavy (non-hydrogen) atoms. The van der Waals surface area contributed by atoms with Crippen LogP contribution in [0.15, 0.2) is 6.07 Å². The summed E-state index contributed by atoms with van der Waals surface area (Å²) in [6.45, 7) is 7.57. The second-order valence-electron chi connectivity index (χ2n) is 5.64. The van der Waals surface area contributed by atoms with Crippen LogP contribution in [0.2, 0.25) is 0 Å². The van der Waals surface area contributed by atoms with Crippen LogP contribution >= 0.6 is 0 Å². The highest BCUT2D eigenvalue weighted by Gasteiger charge is 2.16. The third kappa shape index (κ3) is 4.54. The first-order chi connectivity index (χ1) is 10.4. The number of aromatic nitrogens is 2. The number of ether oxygens (including phenoxy) is 1. The van der Waals surface area contributed by atoms with Crippen LogP contribution in [0.4, 0.5) is 5.82 Å². The summed E-state index contributed by atoms with van der Waals surface area (Å²) in [6.07, 6.45) is 2.35. The number of aryl methyl sites for hydroxylation is 1. The Kier molecular flexibility index (Phi) is 5.57. The summed E-state index contributed by atoms with van der Waals surface area (Å²) in [5, 5.41) is -0.449. The quantitative estimate of drug-likeness (QED) is 0.754. The Bertz CT molecular complexity index is 598. The van der Waals surface area contributed by atoms with E-state index in [-0.39, 0.29) is 13.2 Å². The van der Waals surface area contributed by atoms with Gasteiger partial charge in [0.05, 0.1) is 5.25 Å². The van der Waals surface area contributed by atoms with E-state index in [9.17, 15) is 8.42 Å². The number of nitrogens with one attached hydrogen (secondary N) is 1. The molecule has 7 nitrogen and oxygen atoms in total. The van der Waals surface area contributed by atoms with Crippen molar-refractivity contribution < 1.29 is 13.2 Å². The van der Waals surface area contributed by atoms with Crippen molar-refractivity contribution >= 4 is 15.8 Å². The van der Waals surface area contributed by atoms with Gasteiger partial charge in [-0.25, -0.2) is 18.1 Å². The van der Waals surface area contributed by atoms with Gasteiger partial charge < -0.3 is 9.64 Å². The summed E-state index contributed by atoms with van der Waals surface area (Å²) in [4.78, 5) is 10.9. The van der Waals surface area contributed by atoms with Crippen LogP contribution in [-0.4, -0.2) is 49.9 Å². The zero-order chi connectivity index (χ0) is 16.2. The molecule has 0 amide bonds. The minimum absolute atomic E-state index is 0.225. The molecule has 0 spiro atoms. The first-order valence-corrected chi connectivity index (χ1v) is 9.15. The maximum atomic E-state index is 11.6. The van der Waals surface area contributed by atoms with E-state index in [0.29, 0.717) is 11.7 Å². The van der Waals surface area contributed by atoms with Crippen molar-refractivity contribution in [2.45, 2.75) is 38.9 Å². The van der Waals surface area contributed by atoms with Gasteiger partial charge in [-0.3, -0.25) is 0 Å². The van der Waals surface area contributed by atoms with E-state index < -0.39 is 15.3 Å². The Hall–Kier alpha value is -1.41. The Morgan fingerprint density at radius 2 is 2.00 bits per heavy atom. The Morgan fingerprint density at radius 1 is 1.32 bits per heavy atom. The number of nitrogens with zero attached hydrogens (tertiary/aromatic N) is 3. The van der Waals surface area contributed by atoms with Gasteiger partial charge in [0, 0.05) is 25.7 Å². The van der Waals surface area contributed by atoms with Gasteiger partial charge in [0.1, 0.15) is 18.2 Å². The molecule has 2 rings (SSSR count). The summed E-state index contributed by atoms with van der Waals surface area (Å²) in [5.41, 5.74) is 0. The lowest BCUT2D eigenvalue weighted by molar-refractivity contribution is 0.309. The molecule has 1 aromatic rings. The van der Waals surface area contributed by atoms with E-state index >= 15 is 0 Å². The summed E-state index contributed by atoms with van der Waals surface area (Å²) in [6, 6.07) is 1.81. The molecular weight excluding hydrogens is 304 g/mol. The summed E-state index contributed by atoms with van der Waals surface area (Å²) in [7, 11) is -3.25. The Balaban J connectivity index is 1.90. The third-order valence-electron chi connectivity index (χ3n) is 3.51. The molecule has 0 bridgehead atoms. The summed E-state index contributed by atoms with van der Waals surface area (Å²) >= 11 is 0. The van der Waals surface area contributed by atoms with Crippen LogP contribution in [0.3, 0.4) is 0 Å². The zero-order valence-corrected chi connectivity index (χ0v) is 14.2. The van der Waals surface area contributed by atoms with Crippen molar-refractivity contribution in [3.63, 3.8) is 0 Å². The number of hydrogen-bond acceptors (Lipinski definition) is 6. The first kappa shape index (κ1) is 17.0. The third-order valence-corrected chi connectivity index (χ3v) is 5.35. The minimum atomic E-state index is -3.25. The number of rotatable bonds is 7. The van der Waals surface area contributed by atoms with Crippen LogP contribution in [0.1, 0.15) is 32.5 Å². The highest BCUT2D eigenvalue weighted by molar-refractivity contribution is 7.90. The fraction of sp³-hybridized carbons (Fsp3) is 0.714. The summed E-state index contributed by atoms with van der Waals surface area (Å²) in [5.74, 6) is 2.02. The summed E-state index contributed by atoms with van der Waals surface area (Å²) < 4.78 is 31.3. The first-order valence-electron chi connectivity index (χ1n) is 7.60. The van der Waals surface area contributed by atoms with Gasteiger partial charge in [-0.1, -0.05) is 0 Å². The molecule has 0 unspecified atom stereocenters. The second-order valence-corrected chi connectivity index (χ2v) is 7.96. The average Bonchev–Trinajstić information content (AvgIpc) is 2.97. The predicted octanol–water partition coefficient (Wildman–Crippen LogP) is 1.09. The molecule has 1 saturated heterocycles. The Morgan fingerprint density at radius 3 is 2.64 bits per heavy atom. The van der Waals surface area contributed by atoms with Gasteiger partial charge in [-0.15, -0.1) is 0 Å². The van der Waals surface area contributed by atoms with E-state index in [2.05, 4.69) is 19.6 Å². The average molecular weight is 328 g/mol. The highest BCUT2D eigenvalue weighted by atomic mass is 32.2. The number of anilines is 1. The van der Waals surface area contributed by atoms with Crippen molar-refractivity contribution in [1.29, 1.82) is 0 Å². The highest BCUT2D eigenvalue weighted by Crippen LogP contribution is 2.21. The SMILES string of the molecule is Cc1nc(OCCNS(=O)(=O)C(C)C)cc(N2CCCC2)n1. The van der Waals surface area contributed by atoms with Crippen molar-refractivity contribution in [1.82, 2.24) is 14.7 Å². The van der Waals surface area contributed by atoms with Crippen LogP contribution in [0.5, 0.6) is 5.88 Å². The largest absolute Gasteiger partial charge is 0.476 e. The second kappa shape index (κ2) is 7.23. The number of sulfonamides is 1. The van der Waals surface area contributed by atoms with Crippen LogP contribution < -0.4 is 14.4 Å². The fourth-order valence-electron chi connectivity index (χ4n) is 2.21. The maximum Gasteiger partial charge on any atom is 0.218 e. The van der Waals surface area contributed by atoms with Gasteiger partial charge in [0.2, 0.25) is 15.9 Å². The Labute approximate surface area is 132 Å². The monoisotopic (exact) mass is 328 g/mol. The molecule has 1 aromatic heterocycles. The zero-order valence-electron chi connectivity index (χ0n) is 13.4. The minimum Gasteiger partial charge on any atom is -0.476 e. The number of hydrogen-bond donors (Lipinski definition) is 1. The van der Waals surface area contributed by atoms with Crippen molar-refractivity contribution in [2.75, 3.05) is 31.1 Å². The smallest absolute Gasteiger partial charge is 0.218 e. The molecule has 1 aliphatic heterocycles. The van der Waals surface area contributed by atoms with E-state index in [1.807, 2.05) is 13.0 Å². The van der Waals surface area contributed by atoms with Gasteiger partial charge >= 0.3 is 0 Å². The van der Waals surface area contributed by atoms with Gasteiger partial charge in [-0.05, 0) is 33.6 Å². The molecule has 8 heteroatoms. The van der Waals surface area contributed by atoms with Crippen molar-refractivity contribution in [3.8, 4) is 5.88 Å². The van der Waals surface area contributed by atoms with Crippen molar-refractivity contribution in [2.24, 2.45) is 0 Å². The molecule has 2 heterocycles. The molecule has 124 valence electrons. The molecule has 0 radical (unpaired) electrons. The molecular formula is C14H24N4O3S. The molecule has 0 aromatic carbocycles. The standard InChI is InChI=1S/C14H24N4O3S/c1-11(2)22(19,20)15-6-9-21-14-10-13(16-12(3)17-14)18-7-4-5-8-18/h10-11,15H,4-9H2,1-3H3. The van der Waals surface area contributed by atoms with E-state index in [1.165, 1.54) is 12.8 Å². The lowest BCUT2D eigenvalue weighted by Gasteiger charge is -2.17. The molecule has 1 N–H and O–H groups in total. The van der Waals surface area contributed by atoms with E-state index in [4.69, 9.17) is 4.74 Å². The van der Waals surface area contributed by atoms with E-state index in [0.717, 1.165) is 18.9 Å². The van der Waals surface area contributed by atoms with Crippen molar-refractivity contribution in [3.05, 3.63) is 11.9 Å². The normalized spacial score (nSPS) is 15.5. The molecule has 0 saturated carbocycles. The van der Waals surface area contributed by atoms with Crippen LogP contribution in [0, 0.1) is 6.92 Å². The van der Waals surface area contributed by atoms with Gasteiger partial charge in [0.25, 0.3) is 0 Å². The lowest BCUT2D eigenvalue weighted by Crippen LogP contribution is -2.33. The molecule has 0 aliphatic carbocycles. The van der Waals surface area contributed by atoms with E-state index in [1.54, 1.807) is 13.8 Å².